The van der Waals surface area contributed by atoms with Crippen LogP contribution in [0.5, 0.6) is 0 Å². The normalized spacial score (nSPS) is 11.3. The van der Waals surface area contributed by atoms with E-state index >= 15 is 0 Å². The van der Waals surface area contributed by atoms with Crippen molar-refractivity contribution in [1.29, 1.82) is 0 Å². The van der Waals surface area contributed by atoms with Crippen molar-refractivity contribution >= 4 is 22.2 Å². The molecule has 0 N–H and O–H groups in total. The molecule has 0 aliphatic carbocycles. The Balaban J connectivity index is 1.82. The monoisotopic (exact) mass is 422 g/mol. The minimum atomic E-state index is -0.425. The first-order chi connectivity index (χ1) is 15.5. The molecule has 0 bridgehead atoms. The number of fused-ring (bicyclic) bond motifs is 2. The second-order valence-corrected chi connectivity index (χ2v) is 8.05. The van der Waals surface area contributed by atoms with Crippen LogP contribution in [-0.2, 0) is 13.1 Å². The van der Waals surface area contributed by atoms with Gasteiger partial charge in [-0.2, -0.15) is 0 Å². The van der Waals surface area contributed by atoms with Gasteiger partial charge in [-0.15, -0.1) is 0 Å². The first-order valence-corrected chi connectivity index (χ1v) is 10.5. The van der Waals surface area contributed by atoms with Gasteiger partial charge in [0, 0.05) is 0 Å². The highest BCUT2D eigenvalue weighted by Crippen LogP contribution is 2.18. The van der Waals surface area contributed by atoms with Gasteiger partial charge in [0.15, 0.2) is 11.2 Å². The third kappa shape index (κ3) is 3.50. The molecule has 0 unspecified atom stereocenters. The first kappa shape index (κ1) is 19.9. The standard InChI is InChI=1S/C26H22N4O2/c1-17-13-21-22(14-18(17)2)28-24-23(27-21)25(31)30(16-20-11-7-4-8-12-20)26(32)29(24)15-19-9-5-3-6-10-19/h3-14H,15-16H2,1-2H3. The van der Waals surface area contributed by atoms with Gasteiger partial charge >= 0.3 is 5.69 Å². The van der Waals surface area contributed by atoms with E-state index in [1.807, 2.05) is 86.6 Å². The zero-order valence-corrected chi connectivity index (χ0v) is 17.9. The van der Waals surface area contributed by atoms with Gasteiger partial charge in [-0.25, -0.2) is 14.8 Å². The van der Waals surface area contributed by atoms with Crippen LogP contribution < -0.4 is 11.2 Å². The summed E-state index contributed by atoms with van der Waals surface area (Å²) in [6, 6.07) is 23.1. The van der Waals surface area contributed by atoms with Gasteiger partial charge in [-0.3, -0.25) is 13.9 Å². The largest absolute Gasteiger partial charge is 0.333 e. The molecule has 2 heterocycles. The molecule has 158 valence electrons. The molecule has 0 saturated heterocycles. The van der Waals surface area contributed by atoms with E-state index in [1.165, 1.54) is 4.57 Å². The minimum Gasteiger partial charge on any atom is -0.272 e. The predicted octanol–water partition coefficient (Wildman–Crippen LogP) is 3.82. The average Bonchev–Trinajstić information content (AvgIpc) is 2.81. The van der Waals surface area contributed by atoms with Crippen molar-refractivity contribution < 1.29 is 0 Å². The van der Waals surface area contributed by atoms with E-state index < -0.39 is 11.2 Å². The van der Waals surface area contributed by atoms with E-state index in [4.69, 9.17) is 4.98 Å². The molecule has 2 aromatic heterocycles. The van der Waals surface area contributed by atoms with Crippen LogP contribution in [0.25, 0.3) is 22.2 Å². The molecular weight excluding hydrogens is 400 g/mol. The van der Waals surface area contributed by atoms with E-state index in [2.05, 4.69) is 4.98 Å². The summed E-state index contributed by atoms with van der Waals surface area (Å²) in [5.74, 6) is 0. The fourth-order valence-corrected chi connectivity index (χ4v) is 3.90. The maximum atomic E-state index is 13.5. The van der Waals surface area contributed by atoms with Gasteiger partial charge in [0.25, 0.3) is 5.56 Å². The van der Waals surface area contributed by atoms with Gasteiger partial charge in [-0.1, -0.05) is 60.7 Å². The fourth-order valence-electron chi connectivity index (χ4n) is 3.90. The van der Waals surface area contributed by atoms with Crippen molar-refractivity contribution in [3.05, 3.63) is 116 Å². The lowest BCUT2D eigenvalue weighted by Gasteiger charge is -2.14. The lowest BCUT2D eigenvalue weighted by molar-refractivity contribution is 0.629. The molecule has 5 aromatic rings. The Morgan fingerprint density at radius 1 is 0.688 bits per heavy atom. The Kier molecular flexibility index (Phi) is 4.90. The summed E-state index contributed by atoms with van der Waals surface area (Å²) in [7, 11) is 0. The molecule has 0 amide bonds. The van der Waals surface area contributed by atoms with Crippen LogP contribution in [0.2, 0.25) is 0 Å². The number of hydrogen-bond acceptors (Lipinski definition) is 4. The Morgan fingerprint density at radius 2 is 1.19 bits per heavy atom. The second kappa shape index (κ2) is 7.89. The van der Waals surface area contributed by atoms with Gasteiger partial charge in [-0.05, 0) is 48.2 Å². The molecular formula is C26H22N4O2. The molecule has 3 aromatic carbocycles. The minimum absolute atomic E-state index is 0.176. The number of hydrogen-bond donors (Lipinski definition) is 0. The van der Waals surface area contributed by atoms with Crippen molar-refractivity contribution in [2.45, 2.75) is 26.9 Å². The zero-order valence-electron chi connectivity index (χ0n) is 17.9. The lowest BCUT2D eigenvalue weighted by Crippen LogP contribution is -2.41. The maximum Gasteiger partial charge on any atom is 0.333 e. The predicted molar refractivity (Wildman–Crippen MR) is 126 cm³/mol. The van der Waals surface area contributed by atoms with Crippen molar-refractivity contribution in [2.75, 3.05) is 0 Å². The van der Waals surface area contributed by atoms with Gasteiger partial charge < -0.3 is 0 Å². The molecule has 0 atom stereocenters. The molecule has 0 radical (unpaired) electrons. The quantitative estimate of drug-likeness (QED) is 0.413. The van der Waals surface area contributed by atoms with Crippen LogP contribution in [-0.4, -0.2) is 19.1 Å². The van der Waals surface area contributed by atoms with Crippen LogP contribution in [0.3, 0.4) is 0 Å². The maximum absolute atomic E-state index is 13.5. The summed E-state index contributed by atoms with van der Waals surface area (Å²) in [5.41, 5.74) is 4.99. The SMILES string of the molecule is Cc1cc2nc3c(=O)n(Cc4ccccc4)c(=O)n(Cc4ccccc4)c3nc2cc1C. The van der Waals surface area contributed by atoms with Crippen LogP contribution in [0, 0.1) is 13.8 Å². The van der Waals surface area contributed by atoms with Gasteiger partial charge in [0.1, 0.15) is 0 Å². The summed E-state index contributed by atoms with van der Waals surface area (Å²) in [5, 5.41) is 0. The Bertz CT molecular complexity index is 1570. The topological polar surface area (TPSA) is 69.8 Å². The summed E-state index contributed by atoms with van der Waals surface area (Å²) < 4.78 is 2.80. The molecule has 5 rings (SSSR count). The Labute approximate surface area is 184 Å². The zero-order chi connectivity index (χ0) is 22.2. The van der Waals surface area contributed by atoms with Crippen molar-refractivity contribution in [1.82, 2.24) is 19.1 Å². The van der Waals surface area contributed by atoms with Crippen LogP contribution >= 0.6 is 0 Å². The van der Waals surface area contributed by atoms with Gasteiger partial charge in [0.05, 0.1) is 24.1 Å². The number of rotatable bonds is 4. The fraction of sp³-hybridized carbons (Fsp3) is 0.154. The number of benzene rings is 3. The molecule has 0 aliphatic rings. The molecule has 0 aliphatic heterocycles. The highest BCUT2D eigenvalue weighted by atomic mass is 16.2. The number of nitrogens with zero attached hydrogens (tertiary/aromatic N) is 4. The summed E-state index contributed by atoms with van der Waals surface area (Å²) in [6.45, 7) is 4.49. The Hall–Kier alpha value is -4.06. The molecule has 6 heteroatoms. The summed E-state index contributed by atoms with van der Waals surface area (Å²) in [6.07, 6.45) is 0. The molecule has 32 heavy (non-hydrogen) atoms. The second-order valence-electron chi connectivity index (χ2n) is 8.05. The molecule has 0 saturated carbocycles. The van der Waals surface area contributed by atoms with E-state index in [0.717, 1.165) is 22.3 Å². The average molecular weight is 422 g/mol. The smallest absolute Gasteiger partial charge is 0.272 e. The van der Waals surface area contributed by atoms with E-state index in [-0.39, 0.29) is 12.1 Å². The summed E-state index contributed by atoms with van der Waals surface area (Å²) in [4.78, 5) is 36.3. The Morgan fingerprint density at radius 3 is 1.75 bits per heavy atom. The molecule has 6 nitrogen and oxygen atoms in total. The first-order valence-electron chi connectivity index (χ1n) is 10.5. The van der Waals surface area contributed by atoms with Crippen LogP contribution in [0.4, 0.5) is 0 Å². The third-order valence-corrected chi connectivity index (χ3v) is 5.79. The lowest BCUT2D eigenvalue weighted by atomic mass is 10.1. The highest BCUT2D eigenvalue weighted by molar-refractivity contribution is 5.85. The number of aromatic nitrogens is 4. The van der Waals surface area contributed by atoms with Crippen LogP contribution in [0.1, 0.15) is 22.3 Å². The third-order valence-electron chi connectivity index (χ3n) is 5.79. The van der Waals surface area contributed by atoms with Gasteiger partial charge in [0.2, 0.25) is 0 Å². The number of aryl methyl sites for hydroxylation is 2. The molecule has 0 spiro atoms. The van der Waals surface area contributed by atoms with E-state index in [1.54, 1.807) is 4.57 Å². The molecule has 0 fully saturated rings. The van der Waals surface area contributed by atoms with Crippen molar-refractivity contribution in [3.63, 3.8) is 0 Å². The van der Waals surface area contributed by atoms with E-state index in [0.29, 0.717) is 23.2 Å². The summed E-state index contributed by atoms with van der Waals surface area (Å²) >= 11 is 0. The van der Waals surface area contributed by atoms with Crippen LogP contribution in [0.15, 0.2) is 82.4 Å². The van der Waals surface area contributed by atoms with E-state index in [9.17, 15) is 9.59 Å². The van der Waals surface area contributed by atoms with Crippen molar-refractivity contribution in [2.24, 2.45) is 0 Å². The highest BCUT2D eigenvalue weighted by Gasteiger charge is 2.17. The van der Waals surface area contributed by atoms with Crippen molar-refractivity contribution in [3.8, 4) is 0 Å².